The molecule has 168 valence electrons. The van der Waals surface area contributed by atoms with Crippen LogP contribution in [0, 0.1) is 28.6 Å². The minimum absolute atomic E-state index is 0.0475. The van der Waals surface area contributed by atoms with E-state index in [1.807, 2.05) is 0 Å². The molecule has 1 N–H and O–H groups in total. The number of unbranched alkanes of at least 4 members (excludes halogenated alkanes) is 3. The lowest BCUT2D eigenvalue weighted by molar-refractivity contribution is -0.152. The van der Waals surface area contributed by atoms with Crippen molar-refractivity contribution in [1.82, 2.24) is 0 Å². The minimum atomic E-state index is -0.475. The maximum absolute atomic E-state index is 12.6. The van der Waals surface area contributed by atoms with Crippen molar-refractivity contribution in [3.63, 3.8) is 0 Å². The fraction of sp³-hybridized carbons (Fsp3) is 0.846. The number of fused-ring (bicyclic) bond motifs is 5. The largest absolute Gasteiger partial charge is 0.462 e. The Morgan fingerprint density at radius 1 is 1.10 bits per heavy atom. The van der Waals surface area contributed by atoms with E-state index >= 15 is 0 Å². The highest BCUT2D eigenvalue weighted by Gasteiger charge is 2.60. The lowest BCUT2D eigenvalue weighted by Crippen LogP contribution is -2.54. The van der Waals surface area contributed by atoms with Crippen LogP contribution >= 0.6 is 0 Å². The van der Waals surface area contributed by atoms with Crippen LogP contribution in [0.25, 0.3) is 0 Å². The number of carbonyl (C=O) groups excluding carboxylic acids is 2. The van der Waals surface area contributed by atoms with Crippen LogP contribution < -0.4 is 0 Å². The summed E-state index contributed by atoms with van der Waals surface area (Å²) in [6.07, 6.45) is 12.7. The Balaban J connectivity index is 1.44. The zero-order valence-electron chi connectivity index (χ0n) is 19.1. The summed E-state index contributed by atoms with van der Waals surface area (Å²) >= 11 is 0. The van der Waals surface area contributed by atoms with Crippen molar-refractivity contribution in [1.29, 1.82) is 0 Å². The molecule has 7 atom stereocenters. The molecule has 4 heteroatoms. The summed E-state index contributed by atoms with van der Waals surface area (Å²) in [6, 6.07) is 0. The van der Waals surface area contributed by atoms with E-state index in [1.165, 1.54) is 18.4 Å². The molecule has 3 saturated carbocycles. The standard InChI is InChI=1S/C26H40O4/c1-4-5-6-7-8-23(29)30-18-11-13-25(2)17(15-18)16-21(27)24-19-9-10-22(28)26(19,3)14-12-20(24)25/h16,18-21,24,27H,4-15H2,1-3H3/t18-,19-,20-,21+,24-,25-,26-/m0/s1. The molecule has 0 unspecified atom stereocenters. The average molecular weight is 417 g/mol. The quantitative estimate of drug-likeness (QED) is 0.359. The molecule has 30 heavy (non-hydrogen) atoms. The minimum Gasteiger partial charge on any atom is -0.462 e. The summed E-state index contributed by atoms with van der Waals surface area (Å²) in [5.41, 5.74) is 1.13. The van der Waals surface area contributed by atoms with Gasteiger partial charge in [-0.15, -0.1) is 0 Å². The number of hydrogen-bond donors (Lipinski definition) is 1. The van der Waals surface area contributed by atoms with Crippen LogP contribution in [0.15, 0.2) is 11.6 Å². The van der Waals surface area contributed by atoms with Gasteiger partial charge in [-0.25, -0.2) is 0 Å². The second kappa shape index (κ2) is 8.41. The lowest BCUT2D eigenvalue weighted by Gasteiger charge is -2.58. The van der Waals surface area contributed by atoms with Crippen molar-refractivity contribution in [2.75, 3.05) is 0 Å². The highest BCUT2D eigenvalue weighted by atomic mass is 16.5. The number of carbonyl (C=O) groups is 2. The molecule has 4 rings (SSSR count). The second-order valence-corrected chi connectivity index (χ2v) is 11.0. The molecule has 0 aromatic carbocycles. The van der Waals surface area contributed by atoms with Crippen LogP contribution in [-0.2, 0) is 14.3 Å². The topological polar surface area (TPSA) is 63.6 Å². The summed E-state index contributed by atoms with van der Waals surface area (Å²) in [7, 11) is 0. The molecule has 0 heterocycles. The van der Waals surface area contributed by atoms with Gasteiger partial charge in [0.15, 0.2) is 0 Å². The number of hydrogen-bond acceptors (Lipinski definition) is 4. The smallest absolute Gasteiger partial charge is 0.306 e. The summed E-state index contributed by atoms with van der Waals surface area (Å²) in [5, 5.41) is 11.1. The van der Waals surface area contributed by atoms with Gasteiger partial charge in [0.2, 0.25) is 0 Å². The van der Waals surface area contributed by atoms with E-state index in [4.69, 9.17) is 4.74 Å². The molecule has 4 aliphatic rings. The van der Waals surface area contributed by atoms with Gasteiger partial charge in [-0.1, -0.05) is 51.7 Å². The fourth-order valence-electron chi connectivity index (χ4n) is 7.43. The van der Waals surface area contributed by atoms with Crippen molar-refractivity contribution in [2.24, 2.45) is 28.6 Å². The molecule has 0 bridgehead atoms. The van der Waals surface area contributed by atoms with Crippen molar-refractivity contribution >= 4 is 11.8 Å². The molecule has 0 spiro atoms. The first-order valence-corrected chi connectivity index (χ1v) is 12.4. The number of aliphatic hydroxyl groups is 1. The third-order valence-electron chi connectivity index (χ3n) is 9.33. The van der Waals surface area contributed by atoms with Crippen LogP contribution in [0.5, 0.6) is 0 Å². The predicted octanol–water partition coefficient (Wildman–Crippen LogP) is 5.37. The van der Waals surface area contributed by atoms with Gasteiger partial charge in [0.25, 0.3) is 0 Å². The number of ether oxygens (including phenoxy) is 1. The number of ketones is 1. The molecule has 4 nitrogen and oxygen atoms in total. The molecule has 0 aliphatic heterocycles. The van der Waals surface area contributed by atoms with Crippen molar-refractivity contribution in [3.8, 4) is 0 Å². The Bertz CT molecular complexity index is 712. The number of aliphatic hydroxyl groups excluding tert-OH is 1. The molecule has 3 fully saturated rings. The van der Waals surface area contributed by atoms with Gasteiger partial charge in [0, 0.05) is 24.7 Å². The Hall–Kier alpha value is -1.16. The zero-order chi connectivity index (χ0) is 21.5. The molecule has 0 aromatic rings. The number of rotatable bonds is 6. The third kappa shape index (κ3) is 3.67. The van der Waals surface area contributed by atoms with Gasteiger partial charge in [-0.2, -0.15) is 0 Å². The van der Waals surface area contributed by atoms with Crippen LogP contribution in [0.3, 0.4) is 0 Å². The van der Waals surface area contributed by atoms with Gasteiger partial charge < -0.3 is 9.84 Å². The van der Waals surface area contributed by atoms with E-state index in [-0.39, 0.29) is 28.8 Å². The van der Waals surface area contributed by atoms with E-state index in [1.54, 1.807) is 0 Å². The molecule has 0 saturated heterocycles. The SMILES string of the molecule is CCCCCCC(=O)O[C@H]1CC[C@@]2(C)C(=C[C@@H](O)[C@@H]3[C@@H]2CC[C@]2(C)C(=O)CC[C@@H]32)C1. The summed E-state index contributed by atoms with van der Waals surface area (Å²) < 4.78 is 5.83. The van der Waals surface area contributed by atoms with E-state index in [0.717, 1.165) is 51.4 Å². The maximum atomic E-state index is 12.6. The van der Waals surface area contributed by atoms with Crippen molar-refractivity contribution in [2.45, 2.75) is 110 Å². The first-order chi connectivity index (χ1) is 14.3. The predicted molar refractivity (Wildman–Crippen MR) is 117 cm³/mol. The van der Waals surface area contributed by atoms with E-state index in [9.17, 15) is 14.7 Å². The highest BCUT2D eigenvalue weighted by molar-refractivity contribution is 5.87. The molecular weight excluding hydrogens is 376 g/mol. The zero-order valence-corrected chi connectivity index (χ0v) is 19.1. The van der Waals surface area contributed by atoms with Crippen LogP contribution in [0.1, 0.15) is 97.8 Å². The Labute approximate surface area is 181 Å². The molecule has 0 aromatic heterocycles. The summed E-state index contributed by atoms with van der Waals surface area (Å²) in [5.74, 6) is 1.29. The Morgan fingerprint density at radius 2 is 1.83 bits per heavy atom. The van der Waals surface area contributed by atoms with E-state index in [2.05, 4.69) is 26.8 Å². The van der Waals surface area contributed by atoms with Gasteiger partial charge in [0.1, 0.15) is 11.9 Å². The molecular formula is C26H40O4. The van der Waals surface area contributed by atoms with E-state index < -0.39 is 6.10 Å². The second-order valence-electron chi connectivity index (χ2n) is 11.0. The van der Waals surface area contributed by atoms with Gasteiger partial charge in [-0.05, 0) is 61.7 Å². The van der Waals surface area contributed by atoms with Crippen molar-refractivity contribution in [3.05, 3.63) is 11.6 Å². The fourth-order valence-corrected chi connectivity index (χ4v) is 7.43. The van der Waals surface area contributed by atoms with Crippen LogP contribution in [-0.4, -0.2) is 29.1 Å². The summed E-state index contributed by atoms with van der Waals surface area (Å²) in [4.78, 5) is 24.9. The van der Waals surface area contributed by atoms with E-state index in [0.29, 0.717) is 30.5 Å². The monoisotopic (exact) mass is 416 g/mol. The Kier molecular flexibility index (Phi) is 6.18. The lowest BCUT2D eigenvalue weighted by atomic mass is 9.47. The normalized spacial score (nSPS) is 42.7. The average Bonchev–Trinajstić information content (AvgIpc) is 3.01. The molecule has 0 radical (unpaired) electrons. The van der Waals surface area contributed by atoms with Crippen LogP contribution in [0.2, 0.25) is 0 Å². The number of esters is 1. The van der Waals surface area contributed by atoms with Gasteiger partial charge in [0.05, 0.1) is 6.10 Å². The highest BCUT2D eigenvalue weighted by Crippen LogP contribution is 2.64. The van der Waals surface area contributed by atoms with Crippen molar-refractivity contribution < 1.29 is 19.4 Å². The molecule has 0 amide bonds. The first kappa shape index (κ1) is 22.0. The first-order valence-electron chi connectivity index (χ1n) is 12.4. The maximum Gasteiger partial charge on any atom is 0.306 e. The van der Waals surface area contributed by atoms with Crippen LogP contribution in [0.4, 0.5) is 0 Å². The summed E-state index contributed by atoms with van der Waals surface area (Å²) in [6.45, 7) is 6.69. The Morgan fingerprint density at radius 3 is 2.60 bits per heavy atom. The van der Waals surface area contributed by atoms with Gasteiger partial charge in [-0.3, -0.25) is 9.59 Å². The third-order valence-corrected chi connectivity index (χ3v) is 9.33. The van der Waals surface area contributed by atoms with Gasteiger partial charge >= 0.3 is 5.97 Å². The number of Topliss-reactive ketones (excluding diaryl/α,β-unsaturated/α-hetero) is 1. The molecule has 4 aliphatic carbocycles.